The van der Waals surface area contributed by atoms with Gasteiger partial charge in [-0.1, -0.05) is 0 Å². The monoisotopic (exact) mass is 225 g/mol. The maximum atomic E-state index is 5.81. The molecule has 0 spiro atoms. The smallest absolute Gasteiger partial charge is 0.185 e. The van der Waals surface area contributed by atoms with E-state index >= 15 is 0 Å². The molecule has 2 rings (SSSR count). The largest absolute Gasteiger partial charge is 0.348 e. The molecule has 1 unspecified atom stereocenters. The average molecular weight is 225 g/mol. The summed E-state index contributed by atoms with van der Waals surface area (Å²) in [4.78, 5) is 6.95. The van der Waals surface area contributed by atoms with Crippen LogP contribution in [0.15, 0.2) is 5.38 Å². The zero-order chi connectivity index (χ0) is 10.8. The molecule has 15 heavy (non-hydrogen) atoms. The topological polar surface area (TPSA) is 42.2 Å². The van der Waals surface area contributed by atoms with Gasteiger partial charge < -0.3 is 10.6 Å². The summed E-state index contributed by atoms with van der Waals surface area (Å²) < 4.78 is 0. The molecule has 0 radical (unpaired) electrons. The first-order chi connectivity index (χ1) is 7.20. The van der Waals surface area contributed by atoms with Gasteiger partial charge in [0, 0.05) is 24.5 Å². The molecule has 1 aliphatic carbocycles. The molecule has 1 fully saturated rings. The van der Waals surface area contributed by atoms with E-state index in [2.05, 4.69) is 22.2 Å². The van der Waals surface area contributed by atoms with Crippen molar-refractivity contribution in [2.45, 2.75) is 32.7 Å². The van der Waals surface area contributed by atoms with Gasteiger partial charge in [0.2, 0.25) is 0 Å². The maximum absolute atomic E-state index is 5.81. The Balaban J connectivity index is 2.04. The van der Waals surface area contributed by atoms with Crippen LogP contribution >= 0.6 is 11.3 Å². The van der Waals surface area contributed by atoms with Gasteiger partial charge in [0.1, 0.15) is 0 Å². The summed E-state index contributed by atoms with van der Waals surface area (Å²) in [5.41, 5.74) is 6.83. The van der Waals surface area contributed by atoms with Gasteiger partial charge in [-0.25, -0.2) is 4.98 Å². The number of thiazole rings is 1. The number of nitrogens with zero attached hydrogens (tertiary/aromatic N) is 2. The molecule has 1 aromatic heterocycles. The second-order valence-electron chi connectivity index (χ2n) is 4.33. The van der Waals surface area contributed by atoms with Crippen molar-refractivity contribution in [3.8, 4) is 0 Å². The molecule has 84 valence electrons. The Kier molecular flexibility index (Phi) is 3.26. The number of rotatable bonds is 5. The summed E-state index contributed by atoms with van der Waals surface area (Å²) in [7, 11) is 0. The van der Waals surface area contributed by atoms with E-state index in [-0.39, 0.29) is 6.04 Å². The first-order valence-electron chi connectivity index (χ1n) is 5.66. The second-order valence-corrected chi connectivity index (χ2v) is 5.16. The number of nitrogens with two attached hydrogens (primary N) is 1. The second kappa shape index (κ2) is 4.49. The van der Waals surface area contributed by atoms with Crippen molar-refractivity contribution < 1.29 is 0 Å². The Labute approximate surface area is 95.3 Å². The van der Waals surface area contributed by atoms with Crippen LogP contribution < -0.4 is 10.6 Å². The minimum absolute atomic E-state index is 0.0506. The lowest BCUT2D eigenvalue weighted by molar-refractivity contribution is 0.730. The van der Waals surface area contributed by atoms with Crippen molar-refractivity contribution >= 4 is 16.5 Å². The molecule has 0 aromatic carbocycles. The SMILES string of the molecule is CCN(CC1CC1)c1nc(C(C)N)cs1. The molecular weight excluding hydrogens is 206 g/mol. The number of aromatic nitrogens is 1. The maximum Gasteiger partial charge on any atom is 0.185 e. The van der Waals surface area contributed by atoms with Crippen LogP contribution in [0.4, 0.5) is 5.13 Å². The van der Waals surface area contributed by atoms with Crippen LogP contribution in [-0.2, 0) is 0 Å². The molecule has 0 saturated heterocycles. The molecule has 1 saturated carbocycles. The van der Waals surface area contributed by atoms with Crippen molar-refractivity contribution in [1.29, 1.82) is 0 Å². The minimum atomic E-state index is 0.0506. The summed E-state index contributed by atoms with van der Waals surface area (Å²) in [6.07, 6.45) is 2.78. The zero-order valence-corrected chi connectivity index (χ0v) is 10.3. The number of hydrogen-bond acceptors (Lipinski definition) is 4. The molecule has 0 bridgehead atoms. The highest BCUT2D eigenvalue weighted by atomic mass is 32.1. The highest BCUT2D eigenvalue weighted by molar-refractivity contribution is 7.13. The molecule has 2 N–H and O–H groups in total. The van der Waals surface area contributed by atoms with Crippen molar-refractivity contribution in [1.82, 2.24) is 4.98 Å². The van der Waals surface area contributed by atoms with Crippen LogP contribution in [0.5, 0.6) is 0 Å². The lowest BCUT2D eigenvalue weighted by Gasteiger charge is -2.19. The molecule has 1 aromatic rings. The summed E-state index contributed by atoms with van der Waals surface area (Å²) in [5.74, 6) is 0.910. The highest BCUT2D eigenvalue weighted by Crippen LogP contribution is 2.32. The minimum Gasteiger partial charge on any atom is -0.348 e. The molecule has 1 heterocycles. The zero-order valence-electron chi connectivity index (χ0n) is 9.44. The third kappa shape index (κ3) is 2.69. The van der Waals surface area contributed by atoms with Gasteiger partial charge in [0.25, 0.3) is 0 Å². The predicted molar refractivity (Wildman–Crippen MR) is 65.3 cm³/mol. The van der Waals surface area contributed by atoms with Gasteiger partial charge in [-0.2, -0.15) is 0 Å². The molecule has 0 aliphatic heterocycles. The summed E-state index contributed by atoms with van der Waals surface area (Å²) in [5, 5.41) is 3.21. The van der Waals surface area contributed by atoms with Crippen LogP contribution in [0, 0.1) is 5.92 Å². The lowest BCUT2D eigenvalue weighted by atomic mass is 10.3. The molecular formula is C11H19N3S. The first kappa shape index (κ1) is 10.9. The summed E-state index contributed by atoms with van der Waals surface area (Å²) in [6, 6.07) is 0.0506. The van der Waals surface area contributed by atoms with E-state index < -0.39 is 0 Å². The van der Waals surface area contributed by atoms with E-state index in [1.165, 1.54) is 19.4 Å². The number of anilines is 1. The van der Waals surface area contributed by atoms with Crippen LogP contribution in [0.25, 0.3) is 0 Å². The van der Waals surface area contributed by atoms with E-state index in [4.69, 9.17) is 5.73 Å². The average Bonchev–Trinajstić information content (AvgIpc) is 2.89. The van der Waals surface area contributed by atoms with Crippen molar-refractivity contribution in [3.63, 3.8) is 0 Å². The lowest BCUT2D eigenvalue weighted by Crippen LogP contribution is -2.25. The first-order valence-corrected chi connectivity index (χ1v) is 6.54. The van der Waals surface area contributed by atoms with Gasteiger partial charge in [0.15, 0.2) is 5.13 Å². The van der Waals surface area contributed by atoms with E-state index in [9.17, 15) is 0 Å². The molecule has 1 atom stereocenters. The third-order valence-corrected chi connectivity index (χ3v) is 3.72. The van der Waals surface area contributed by atoms with Crippen molar-refractivity contribution in [3.05, 3.63) is 11.1 Å². The Morgan fingerprint density at radius 3 is 2.87 bits per heavy atom. The van der Waals surface area contributed by atoms with E-state index in [1.54, 1.807) is 11.3 Å². The van der Waals surface area contributed by atoms with Gasteiger partial charge in [-0.15, -0.1) is 11.3 Å². The fourth-order valence-corrected chi connectivity index (χ4v) is 2.59. The van der Waals surface area contributed by atoms with Gasteiger partial charge in [-0.3, -0.25) is 0 Å². The molecule has 4 heteroatoms. The Hall–Kier alpha value is -0.610. The summed E-state index contributed by atoms with van der Waals surface area (Å²) >= 11 is 1.72. The standard InChI is InChI=1S/C11H19N3S/c1-3-14(6-9-4-5-9)11-13-10(7-15-11)8(2)12/h7-9H,3-6,12H2,1-2H3. The molecule has 0 amide bonds. The van der Waals surface area contributed by atoms with Gasteiger partial charge >= 0.3 is 0 Å². The van der Waals surface area contributed by atoms with Gasteiger partial charge in [0.05, 0.1) is 5.69 Å². The van der Waals surface area contributed by atoms with Crippen LogP contribution in [0.1, 0.15) is 38.4 Å². The fraction of sp³-hybridized carbons (Fsp3) is 0.727. The Morgan fingerprint density at radius 2 is 2.40 bits per heavy atom. The van der Waals surface area contributed by atoms with Crippen LogP contribution in [-0.4, -0.2) is 18.1 Å². The van der Waals surface area contributed by atoms with E-state index in [0.29, 0.717) is 0 Å². The predicted octanol–water partition coefficient (Wildman–Crippen LogP) is 2.40. The van der Waals surface area contributed by atoms with Crippen molar-refractivity contribution in [2.24, 2.45) is 11.7 Å². The van der Waals surface area contributed by atoms with E-state index in [1.807, 2.05) is 6.92 Å². The van der Waals surface area contributed by atoms with Crippen LogP contribution in [0.3, 0.4) is 0 Å². The highest BCUT2D eigenvalue weighted by Gasteiger charge is 2.25. The van der Waals surface area contributed by atoms with E-state index in [0.717, 1.165) is 23.3 Å². The summed E-state index contributed by atoms with van der Waals surface area (Å²) in [6.45, 7) is 6.39. The van der Waals surface area contributed by atoms with Gasteiger partial charge in [-0.05, 0) is 32.6 Å². The Morgan fingerprint density at radius 1 is 1.67 bits per heavy atom. The third-order valence-electron chi connectivity index (χ3n) is 2.80. The molecule has 1 aliphatic rings. The Bertz CT molecular complexity index is 317. The van der Waals surface area contributed by atoms with Crippen molar-refractivity contribution in [2.75, 3.05) is 18.0 Å². The molecule has 3 nitrogen and oxygen atoms in total. The number of hydrogen-bond donors (Lipinski definition) is 1. The van der Waals surface area contributed by atoms with Crippen LogP contribution in [0.2, 0.25) is 0 Å². The quantitative estimate of drug-likeness (QED) is 0.836. The normalized spacial score (nSPS) is 17.8. The fourth-order valence-electron chi connectivity index (χ4n) is 1.59.